The van der Waals surface area contributed by atoms with Crippen molar-refractivity contribution in [2.45, 2.75) is 77.4 Å². The molecule has 3 N–H and O–H groups in total. The van der Waals surface area contributed by atoms with E-state index in [1.807, 2.05) is 6.92 Å². The zero-order valence-corrected chi connectivity index (χ0v) is 18.4. The van der Waals surface area contributed by atoms with Crippen LogP contribution in [0.5, 0.6) is 0 Å². The molecule has 4 heteroatoms. The number of hydrogen-bond acceptors (Lipinski definition) is 3. The molecular weight excluding hydrogens is 390 g/mol. The van der Waals surface area contributed by atoms with E-state index < -0.39 is 0 Å². The predicted molar refractivity (Wildman–Crippen MR) is 111 cm³/mol. The average Bonchev–Trinajstić information content (AvgIpc) is 3.01. The molecule has 0 spiro atoms. The van der Waals surface area contributed by atoms with Crippen LogP contribution in [0.2, 0.25) is 0 Å². The van der Waals surface area contributed by atoms with Crippen LogP contribution in [-0.4, -0.2) is 36.0 Å². The number of aliphatic hydroxyl groups excluding tert-OH is 2. The molecule has 4 rings (SSSR count). The summed E-state index contributed by atoms with van der Waals surface area (Å²) in [5.74, 6) is 2.39. The van der Waals surface area contributed by atoms with Gasteiger partial charge in [-0.2, -0.15) is 0 Å². The number of rotatable bonds is 3. The first-order valence-corrected chi connectivity index (χ1v) is 10.6. The van der Waals surface area contributed by atoms with Crippen molar-refractivity contribution in [3.05, 3.63) is 11.6 Å². The summed E-state index contributed by atoms with van der Waals surface area (Å²) < 4.78 is 0. The van der Waals surface area contributed by atoms with Crippen LogP contribution in [-0.2, 0) is 0 Å². The van der Waals surface area contributed by atoms with Gasteiger partial charge in [0.25, 0.3) is 0 Å². The quantitative estimate of drug-likeness (QED) is 0.594. The van der Waals surface area contributed by atoms with Gasteiger partial charge < -0.3 is 15.5 Å². The van der Waals surface area contributed by atoms with Crippen LogP contribution in [0.25, 0.3) is 0 Å². The van der Waals surface area contributed by atoms with Crippen LogP contribution in [0.1, 0.15) is 65.2 Å². The minimum atomic E-state index is -0.287. The van der Waals surface area contributed by atoms with E-state index >= 15 is 0 Å². The third-order valence-corrected chi connectivity index (χ3v) is 9.17. The van der Waals surface area contributed by atoms with Gasteiger partial charge in [-0.05, 0) is 94.4 Å². The lowest BCUT2D eigenvalue weighted by Crippen LogP contribution is -2.53. The molecule has 3 nitrogen and oxygen atoms in total. The fourth-order valence-corrected chi connectivity index (χ4v) is 7.79. The highest BCUT2D eigenvalue weighted by Gasteiger charge is 2.60. The van der Waals surface area contributed by atoms with E-state index in [1.54, 1.807) is 5.57 Å². The molecule has 0 amide bonds. The lowest BCUT2D eigenvalue weighted by atomic mass is 9.47. The van der Waals surface area contributed by atoms with Crippen LogP contribution in [0.3, 0.4) is 0 Å². The predicted octanol–water partition coefficient (Wildman–Crippen LogP) is 4.08. The summed E-state index contributed by atoms with van der Waals surface area (Å²) in [7, 11) is 2.10. The normalized spacial score (nSPS) is 48.5. The second-order valence-electron chi connectivity index (χ2n) is 9.84. The van der Waals surface area contributed by atoms with Gasteiger partial charge in [0.1, 0.15) is 0 Å². The summed E-state index contributed by atoms with van der Waals surface area (Å²) in [6.45, 7) is 4.75. The molecule has 0 heterocycles. The molecule has 150 valence electrons. The Hall–Kier alpha value is 0.100. The molecule has 0 saturated heterocycles. The van der Waals surface area contributed by atoms with Gasteiger partial charge in [-0.15, -0.1) is 17.0 Å². The van der Waals surface area contributed by atoms with Crippen LogP contribution < -0.4 is 5.32 Å². The molecule has 3 saturated carbocycles. The van der Waals surface area contributed by atoms with Crippen molar-refractivity contribution >= 4 is 17.0 Å². The molecular formula is C22H38BrNO2. The molecule has 0 aromatic rings. The molecule has 0 aromatic heterocycles. The van der Waals surface area contributed by atoms with Crippen LogP contribution in [0, 0.1) is 34.5 Å². The van der Waals surface area contributed by atoms with E-state index in [1.165, 1.54) is 38.5 Å². The third-order valence-electron chi connectivity index (χ3n) is 9.17. The van der Waals surface area contributed by atoms with Crippen molar-refractivity contribution in [3.8, 4) is 0 Å². The smallest absolute Gasteiger partial charge is 0.0546 e. The number of allylic oxidation sites excluding steroid dienone is 1. The molecule has 8 unspecified atom stereocenters. The minimum Gasteiger partial charge on any atom is -0.396 e. The summed E-state index contributed by atoms with van der Waals surface area (Å²) in [5, 5.41) is 24.2. The monoisotopic (exact) mass is 427 g/mol. The largest absolute Gasteiger partial charge is 0.396 e. The number of nitrogens with one attached hydrogen (secondary N) is 1. The highest BCUT2D eigenvalue weighted by Crippen LogP contribution is 2.66. The first-order chi connectivity index (χ1) is 12.0. The van der Waals surface area contributed by atoms with Crippen molar-refractivity contribution in [2.75, 3.05) is 13.7 Å². The summed E-state index contributed by atoms with van der Waals surface area (Å²) >= 11 is 0. The Morgan fingerprint density at radius 3 is 2.62 bits per heavy atom. The Kier molecular flexibility index (Phi) is 6.00. The van der Waals surface area contributed by atoms with Crippen molar-refractivity contribution < 1.29 is 10.2 Å². The van der Waals surface area contributed by atoms with E-state index in [0.29, 0.717) is 29.2 Å². The lowest BCUT2D eigenvalue weighted by molar-refractivity contribution is -0.0972. The Bertz CT molecular complexity index is 550. The van der Waals surface area contributed by atoms with Gasteiger partial charge >= 0.3 is 0 Å². The summed E-state index contributed by atoms with van der Waals surface area (Å²) in [6, 6.07) is 0.655. The first-order valence-electron chi connectivity index (χ1n) is 10.6. The second kappa shape index (κ2) is 7.50. The highest BCUT2D eigenvalue weighted by molar-refractivity contribution is 8.93. The summed E-state index contributed by atoms with van der Waals surface area (Å²) in [4.78, 5) is 0. The van der Waals surface area contributed by atoms with Crippen molar-refractivity contribution in [2.24, 2.45) is 34.5 Å². The third kappa shape index (κ3) is 2.86. The second-order valence-corrected chi connectivity index (χ2v) is 9.84. The first kappa shape index (κ1) is 20.8. The van der Waals surface area contributed by atoms with Crippen molar-refractivity contribution in [3.63, 3.8) is 0 Å². The van der Waals surface area contributed by atoms with Gasteiger partial charge in [-0.25, -0.2) is 0 Å². The maximum absolute atomic E-state index is 10.4. The van der Waals surface area contributed by atoms with Crippen LogP contribution in [0.4, 0.5) is 0 Å². The molecule has 0 aromatic carbocycles. The Labute approximate surface area is 169 Å². The van der Waals surface area contributed by atoms with Gasteiger partial charge in [0, 0.05) is 18.1 Å². The maximum atomic E-state index is 10.4. The SMILES string of the molecule is Br.CNC1CCC2(C)C(=CCC3C2CCC2(CO)C(C(C)O)CCC32)C1. The Morgan fingerprint density at radius 1 is 1.19 bits per heavy atom. The van der Waals surface area contributed by atoms with E-state index in [0.717, 1.165) is 18.8 Å². The zero-order chi connectivity index (χ0) is 17.8. The van der Waals surface area contributed by atoms with E-state index in [2.05, 4.69) is 25.4 Å². The van der Waals surface area contributed by atoms with Crippen LogP contribution >= 0.6 is 17.0 Å². The molecule has 4 aliphatic carbocycles. The maximum Gasteiger partial charge on any atom is 0.0546 e. The van der Waals surface area contributed by atoms with E-state index in [-0.39, 0.29) is 35.1 Å². The van der Waals surface area contributed by atoms with Gasteiger partial charge in [0.2, 0.25) is 0 Å². The molecule has 0 radical (unpaired) electrons. The Balaban J connectivity index is 0.00000196. The number of aliphatic hydroxyl groups is 2. The van der Waals surface area contributed by atoms with Gasteiger partial charge in [0.15, 0.2) is 0 Å². The average molecular weight is 428 g/mol. The van der Waals surface area contributed by atoms with Crippen molar-refractivity contribution in [1.29, 1.82) is 0 Å². The number of fused-ring (bicyclic) bond motifs is 5. The molecule has 3 fully saturated rings. The van der Waals surface area contributed by atoms with Crippen LogP contribution in [0.15, 0.2) is 11.6 Å². The molecule has 26 heavy (non-hydrogen) atoms. The lowest BCUT2D eigenvalue weighted by Gasteiger charge is -2.58. The zero-order valence-electron chi connectivity index (χ0n) is 16.7. The highest BCUT2D eigenvalue weighted by atomic mass is 79.9. The standard InChI is InChI=1S/C22H37NO2.BrH/c1-14(25)18-6-7-20-17-5-4-15-12-16(23-3)8-10-21(15,2)19(17)9-11-22(18,20)13-24;/h4,14,16-20,23-25H,5-13H2,1-3H3;1H. The minimum absolute atomic E-state index is 0. The van der Waals surface area contributed by atoms with E-state index in [9.17, 15) is 10.2 Å². The fraction of sp³-hybridized carbons (Fsp3) is 0.909. The molecule has 8 atom stereocenters. The topological polar surface area (TPSA) is 52.5 Å². The van der Waals surface area contributed by atoms with Gasteiger partial charge in [-0.3, -0.25) is 0 Å². The Morgan fingerprint density at radius 2 is 1.96 bits per heavy atom. The van der Waals surface area contributed by atoms with Crippen molar-refractivity contribution in [1.82, 2.24) is 5.32 Å². The summed E-state index contributed by atoms with van der Waals surface area (Å²) in [5.41, 5.74) is 2.07. The fourth-order valence-electron chi connectivity index (χ4n) is 7.79. The van der Waals surface area contributed by atoms with Gasteiger partial charge in [-0.1, -0.05) is 18.6 Å². The number of hydrogen-bond donors (Lipinski definition) is 3. The van der Waals surface area contributed by atoms with E-state index in [4.69, 9.17) is 0 Å². The summed E-state index contributed by atoms with van der Waals surface area (Å²) in [6.07, 6.45) is 12.0. The molecule has 4 aliphatic rings. The number of halogens is 1. The molecule has 0 bridgehead atoms. The molecule has 0 aliphatic heterocycles. The van der Waals surface area contributed by atoms with Gasteiger partial charge in [0.05, 0.1) is 6.10 Å².